The fourth-order valence-corrected chi connectivity index (χ4v) is 1.92. The second-order valence-electron chi connectivity index (χ2n) is 4.26. The molecule has 5 nitrogen and oxygen atoms in total. The van der Waals surface area contributed by atoms with Gasteiger partial charge < -0.3 is 9.88 Å². The number of carbonyl (C=O) groups is 2. The molecule has 0 unspecified atom stereocenters. The van der Waals surface area contributed by atoms with Crippen molar-refractivity contribution in [3.05, 3.63) is 33.7 Å². The van der Waals surface area contributed by atoms with Gasteiger partial charge in [-0.05, 0) is 13.3 Å². The van der Waals surface area contributed by atoms with Gasteiger partial charge in [0.15, 0.2) is 11.2 Å². The van der Waals surface area contributed by atoms with Crippen LogP contribution in [0.3, 0.4) is 0 Å². The van der Waals surface area contributed by atoms with Gasteiger partial charge in [0.25, 0.3) is 5.91 Å². The third kappa shape index (κ3) is 2.43. The largest absolute Gasteiger partial charge is 0.364 e. The summed E-state index contributed by atoms with van der Waals surface area (Å²) in [5, 5.41) is 0. The van der Waals surface area contributed by atoms with E-state index in [-0.39, 0.29) is 29.2 Å². The Labute approximate surface area is 98.4 Å². The van der Waals surface area contributed by atoms with Crippen molar-refractivity contribution in [2.24, 2.45) is 0 Å². The van der Waals surface area contributed by atoms with Crippen LogP contribution in [0.15, 0.2) is 17.1 Å². The third-order valence-corrected chi connectivity index (χ3v) is 2.83. The van der Waals surface area contributed by atoms with Crippen molar-refractivity contribution in [2.75, 3.05) is 13.1 Å². The Morgan fingerprint density at radius 3 is 2.82 bits per heavy atom. The van der Waals surface area contributed by atoms with Gasteiger partial charge in [-0.15, -0.1) is 0 Å². The number of likely N-dealkylation sites (tertiary alicyclic amines) is 1. The lowest BCUT2D eigenvalue weighted by Gasteiger charge is -2.25. The molecule has 0 aromatic carbocycles. The predicted molar refractivity (Wildman–Crippen MR) is 61.9 cm³/mol. The number of pyridine rings is 1. The molecule has 0 aliphatic carbocycles. The Balaban J connectivity index is 2.24. The normalized spacial score (nSPS) is 16.1. The maximum atomic E-state index is 12.0. The second kappa shape index (κ2) is 4.53. The van der Waals surface area contributed by atoms with Crippen LogP contribution in [0.5, 0.6) is 0 Å². The van der Waals surface area contributed by atoms with Crippen molar-refractivity contribution < 1.29 is 9.59 Å². The quantitative estimate of drug-likeness (QED) is 0.768. The van der Waals surface area contributed by atoms with E-state index >= 15 is 0 Å². The molecule has 1 aromatic rings. The first-order valence-corrected chi connectivity index (χ1v) is 5.58. The van der Waals surface area contributed by atoms with Gasteiger partial charge >= 0.3 is 0 Å². The van der Waals surface area contributed by atoms with Crippen molar-refractivity contribution >= 4 is 11.7 Å². The summed E-state index contributed by atoms with van der Waals surface area (Å²) in [6, 6.07) is 1.39. The molecular weight excluding hydrogens is 220 g/mol. The minimum Gasteiger partial charge on any atom is -0.364 e. The van der Waals surface area contributed by atoms with Crippen molar-refractivity contribution in [2.45, 2.75) is 19.8 Å². The molecule has 2 heterocycles. The molecule has 17 heavy (non-hydrogen) atoms. The summed E-state index contributed by atoms with van der Waals surface area (Å²) in [6.07, 6.45) is 2.61. The van der Waals surface area contributed by atoms with Crippen LogP contribution in [0.1, 0.15) is 28.9 Å². The van der Waals surface area contributed by atoms with Crippen LogP contribution in [0.4, 0.5) is 0 Å². The van der Waals surface area contributed by atoms with Crippen LogP contribution in [-0.4, -0.2) is 34.7 Å². The molecule has 0 radical (unpaired) electrons. The van der Waals surface area contributed by atoms with Gasteiger partial charge in [0, 0.05) is 30.9 Å². The highest BCUT2D eigenvalue weighted by Gasteiger charge is 2.24. The lowest BCUT2D eigenvalue weighted by atomic mass is 10.1. The molecule has 2 rings (SSSR count). The Kier molecular flexibility index (Phi) is 3.08. The molecule has 1 fully saturated rings. The van der Waals surface area contributed by atoms with Crippen LogP contribution < -0.4 is 5.43 Å². The number of Topliss-reactive ketones (excluding diaryl/α,β-unsaturated/α-hetero) is 1. The third-order valence-electron chi connectivity index (χ3n) is 2.83. The highest BCUT2D eigenvalue weighted by Crippen LogP contribution is 2.09. The van der Waals surface area contributed by atoms with Gasteiger partial charge in [0.1, 0.15) is 5.56 Å². The molecule has 5 heteroatoms. The number of amides is 1. The summed E-state index contributed by atoms with van der Waals surface area (Å²) in [7, 11) is 0. The number of piperidine rings is 1. The molecule has 0 bridgehead atoms. The Hall–Kier alpha value is -1.91. The molecule has 1 aliphatic heterocycles. The van der Waals surface area contributed by atoms with Gasteiger partial charge in [-0.3, -0.25) is 14.4 Å². The number of nitrogens with zero attached hydrogens (tertiary/aromatic N) is 1. The first-order valence-electron chi connectivity index (χ1n) is 5.58. The summed E-state index contributed by atoms with van der Waals surface area (Å²) >= 11 is 0. The van der Waals surface area contributed by atoms with E-state index in [2.05, 4.69) is 4.98 Å². The molecule has 1 saturated heterocycles. The Morgan fingerprint density at radius 1 is 1.41 bits per heavy atom. The zero-order valence-electron chi connectivity index (χ0n) is 9.66. The minimum atomic E-state index is -0.362. The van der Waals surface area contributed by atoms with Gasteiger partial charge in [-0.25, -0.2) is 0 Å². The molecule has 1 aliphatic rings. The SMILES string of the molecule is Cc1cc(=O)c(C(=O)N2CCCC(=O)C2)c[nH]1. The number of aryl methyl sites for hydroxylation is 1. The second-order valence-corrected chi connectivity index (χ2v) is 4.26. The summed E-state index contributed by atoms with van der Waals surface area (Å²) < 4.78 is 0. The number of H-pyrrole nitrogens is 1. The van der Waals surface area contributed by atoms with Crippen molar-refractivity contribution in [3.8, 4) is 0 Å². The monoisotopic (exact) mass is 234 g/mol. The van der Waals surface area contributed by atoms with Gasteiger partial charge in [0.05, 0.1) is 6.54 Å². The lowest BCUT2D eigenvalue weighted by Crippen LogP contribution is -2.41. The van der Waals surface area contributed by atoms with Gasteiger partial charge in [-0.2, -0.15) is 0 Å². The van der Waals surface area contributed by atoms with E-state index in [1.54, 1.807) is 6.92 Å². The number of aromatic nitrogens is 1. The van der Waals surface area contributed by atoms with Crippen LogP contribution in [0.2, 0.25) is 0 Å². The number of ketones is 1. The molecular formula is C12H14N2O3. The molecule has 90 valence electrons. The maximum absolute atomic E-state index is 12.0. The van der Waals surface area contributed by atoms with Crippen LogP contribution in [0.25, 0.3) is 0 Å². The topological polar surface area (TPSA) is 70.2 Å². The molecule has 1 N–H and O–H groups in total. The highest BCUT2D eigenvalue weighted by atomic mass is 16.2. The standard InChI is InChI=1S/C12H14N2O3/c1-8-5-11(16)10(6-13-8)12(17)14-4-2-3-9(15)7-14/h5-6H,2-4,7H2,1H3,(H,13,16). The number of hydrogen-bond donors (Lipinski definition) is 1. The number of aromatic amines is 1. The molecule has 0 atom stereocenters. The fraction of sp³-hybridized carbons (Fsp3) is 0.417. The highest BCUT2D eigenvalue weighted by molar-refractivity contribution is 5.97. The van der Waals surface area contributed by atoms with Crippen LogP contribution in [0, 0.1) is 6.92 Å². The number of hydrogen-bond acceptors (Lipinski definition) is 3. The van der Waals surface area contributed by atoms with E-state index < -0.39 is 0 Å². The van der Waals surface area contributed by atoms with E-state index in [4.69, 9.17) is 0 Å². The summed E-state index contributed by atoms with van der Waals surface area (Å²) in [4.78, 5) is 39.2. The summed E-state index contributed by atoms with van der Waals surface area (Å²) in [5.41, 5.74) is 0.510. The van der Waals surface area contributed by atoms with E-state index in [1.807, 2.05) is 0 Å². The zero-order chi connectivity index (χ0) is 12.4. The Bertz CT molecular complexity index is 519. The van der Waals surface area contributed by atoms with Crippen molar-refractivity contribution in [1.29, 1.82) is 0 Å². The predicted octanol–water partition coefficient (Wildman–Crippen LogP) is 0.488. The molecule has 1 amide bonds. The summed E-state index contributed by atoms with van der Waals surface area (Å²) in [5.74, 6) is -0.313. The van der Waals surface area contributed by atoms with E-state index in [0.717, 1.165) is 0 Å². The van der Waals surface area contributed by atoms with E-state index in [0.29, 0.717) is 25.1 Å². The molecule has 0 saturated carbocycles. The Morgan fingerprint density at radius 2 is 2.18 bits per heavy atom. The molecule has 0 spiro atoms. The average molecular weight is 234 g/mol. The number of carbonyl (C=O) groups excluding carboxylic acids is 2. The van der Waals surface area contributed by atoms with Gasteiger partial charge in [0.2, 0.25) is 0 Å². The molecule has 1 aromatic heterocycles. The lowest BCUT2D eigenvalue weighted by molar-refractivity contribution is -0.121. The fourth-order valence-electron chi connectivity index (χ4n) is 1.92. The summed E-state index contributed by atoms with van der Waals surface area (Å²) in [6.45, 7) is 2.41. The first-order chi connectivity index (χ1) is 8.08. The first kappa shape index (κ1) is 11.6. The van der Waals surface area contributed by atoms with Crippen LogP contribution >= 0.6 is 0 Å². The maximum Gasteiger partial charge on any atom is 0.259 e. The zero-order valence-corrected chi connectivity index (χ0v) is 9.66. The average Bonchev–Trinajstić information content (AvgIpc) is 2.28. The number of nitrogens with one attached hydrogen (secondary N) is 1. The van der Waals surface area contributed by atoms with Crippen molar-refractivity contribution in [3.63, 3.8) is 0 Å². The van der Waals surface area contributed by atoms with Crippen molar-refractivity contribution in [1.82, 2.24) is 9.88 Å². The minimum absolute atomic E-state index is 0.0492. The van der Waals surface area contributed by atoms with Crippen LogP contribution in [-0.2, 0) is 4.79 Å². The van der Waals surface area contributed by atoms with E-state index in [9.17, 15) is 14.4 Å². The number of rotatable bonds is 1. The van der Waals surface area contributed by atoms with Gasteiger partial charge in [-0.1, -0.05) is 0 Å². The smallest absolute Gasteiger partial charge is 0.259 e. The van der Waals surface area contributed by atoms with E-state index in [1.165, 1.54) is 17.2 Å².